The summed E-state index contributed by atoms with van der Waals surface area (Å²) < 4.78 is 76.0. The molecule has 1 aliphatic rings. The van der Waals surface area contributed by atoms with Gasteiger partial charge in [-0.05, 0) is 42.0 Å². The van der Waals surface area contributed by atoms with Gasteiger partial charge < -0.3 is 0 Å². The molecule has 0 N–H and O–H groups in total. The third-order valence-corrected chi connectivity index (χ3v) is 5.08. The van der Waals surface area contributed by atoms with Gasteiger partial charge in [0.2, 0.25) is 5.91 Å². The highest BCUT2D eigenvalue weighted by Gasteiger charge is 2.36. The van der Waals surface area contributed by atoms with Gasteiger partial charge in [-0.3, -0.25) is 9.69 Å². The number of benzene rings is 2. The molecule has 1 saturated heterocycles. The van der Waals surface area contributed by atoms with Crippen molar-refractivity contribution < 1.29 is 31.1 Å². The first kappa shape index (κ1) is 18.6. The quantitative estimate of drug-likeness (QED) is 0.630. The maximum Gasteiger partial charge on any atom is 0.416 e. The Morgan fingerprint density at radius 3 is 1.73 bits per heavy atom. The fraction of sp³-hybridized carbons (Fsp3) is 0.235. The third-order valence-electron chi connectivity index (χ3n) is 3.86. The lowest BCUT2D eigenvalue weighted by atomic mass is 10.1. The minimum Gasteiger partial charge on any atom is -0.295 e. The summed E-state index contributed by atoms with van der Waals surface area (Å²) in [4.78, 5) is 13.5. The van der Waals surface area contributed by atoms with E-state index in [0.717, 1.165) is 24.3 Å². The van der Waals surface area contributed by atoms with Gasteiger partial charge in [-0.1, -0.05) is 12.1 Å². The van der Waals surface area contributed by atoms with E-state index >= 15 is 0 Å². The molecule has 1 aliphatic heterocycles. The minimum atomic E-state index is -4.49. The van der Waals surface area contributed by atoms with Gasteiger partial charge in [0.05, 0.1) is 16.9 Å². The first-order chi connectivity index (χ1) is 12.1. The van der Waals surface area contributed by atoms with Crippen molar-refractivity contribution in [3.05, 3.63) is 65.2 Å². The van der Waals surface area contributed by atoms with Crippen LogP contribution in [0.15, 0.2) is 48.5 Å². The summed E-state index contributed by atoms with van der Waals surface area (Å²) in [5.74, 6) is -0.230. The summed E-state index contributed by atoms with van der Waals surface area (Å²) in [5, 5.41) is -0.596. The average molecular weight is 391 g/mol. The van der Waals surface area contributed by atoms with Crippen LogP contribution in [-0.2, 0) is 17.1 Å². The Morgan fingerprint density at radius 2 is 1.27 bits per heavy atom. The van der Waals surface area contributed by atoms with Crippen molar-refractivity contribution in [1.29, 1.82) is 0 Å². The van der Waals surface area contributed by atoms with Gasteiger partial charge in [0.25, 0.3) is 0 Å². The number of hydrogen-bond donors (Lipinski definition) is 0. The maximum absolute atomic E-state index is 12.7. The molecule has 0 unspecified atom stereocenters. The van der Waals surface area contributed by atoms with E-state index < -0.39 is 28.9 Å². The van der Waals surface area contributed by atoms with Crippen LogP contribution < -0.4 is 4.90 Å². The Bertz CT molecular complexity index is 798. The first-order valence-electron chi connectivity index (χ1n) is 7.35. The second-order valence-corrected chi connectivity index (χ2v) is 6.66. The molecule has 0 aromatic heterocycles. The number of alkyl halides is 6. The molecule has 1 fully saturated rings. The van der Waals surface area contributed by atoms with Crippen molar-refractivity contribution in [2.45, 2.75) is 17.7 Å². The minimum absolute atomic E-state index is 0.0900. The highest BCUT2D eigenvalue weighted by molar-refractivity contribution is 8.00. The third kappa shape index (κ3) is 3.67. The van der Waals surface area contributed by atoms with Crippen LogP contribution >= 0.6 is 11.8 Å². The highest BCUT2D eigenvalue weighted by atomic mass is 32.2. The van der Waals surface area contributed by atoms with E-state index in [9.17, 15) is 31.1 Å². The molecule has 0 aliphatic carbocycles. The van der Waals surface area contributed by atoms with Crippen molar-refractivity contribution in [3.63, 3.8) is 0 Å². The molecule has 0 saturated carbocycles. The van der Waals surface area contributed by atoms with Crippen LogP contribution in [0.5, 0.6) is 0 Å². The van der Waals surface area contributed by atoms with Gasteiger partial charge in [-0.2, -0.15) is 26.3 Å². The molecule has 26 heavy (non-hydrogen) atoms. The largest absolute Gasteiger partial charge is 0.416 e. The number of carbonyl (C=O) groups is 1. The lowest BCUT2D eigenvalue weighted by Crippen LogP contribution is -2.27. The lowest BCUT2D eigenvalue weighted by Gasteiger charge is -2.25. The lowest BCUT2D eigenvalue weighted by molar-refractivity contribution is -0.138. The molecule has 2 nitrogen and oxygen atoms in total. The topological polar surface area (TPSA) is 20.3 Å². The molecular weight excluding hydrogens is 380 g/mol. The number of thioether (sulfide) groups is 1. The van der Waals surface area contributed by atoms with Crippen LogP contribution in [0.25, 0.3) is 0 Å². The fourth-order valence-electron chi connectivity index (χ4n) is 2.60. The van der Waals surface area contributed by atoms with E-state index in [1.54, 1.807) is 0 Å². The summed E-state index contributed by atoms with van der Waals surface area (Å²) in [7, 11) is 0. The van der Waals surface area contributed by atoms with Crippen molar-refractivity contribution in [2.24, 2.45) is 0 Å². The van der Waals surface area contributed by atoms with E-state index in [4.69, 9.17) is 0 Å². The van der Waals surface area contributed by atoms with Crippen LogP contribution in [-0.4, -0.2) is 11.7 Å². The van der Waals surface area contributed by atoms with Crippen LogP contribution in [0.2, 0.25) is 0 Å². The van der Waals surface area contributed by atoms with Gasteiger partial charge in [0.15, 0.2) is 0 Å². The number of amides is 1. The molecule has 0 radical (unpaired) electrons. The van der Waals surface area contributed by atoms with Crippen molar-refractivity contribution in [2.75, 3.05) is 10.7 Å². The zero-order chi connectivity index (χ0) is 19.1. The summed E-state index contributed by atoms with van der Waals surface area (Å²) in [6.45, 7) is 0. The molecule has 0 bridgehead atoms. The van der Waals surface area contributed by atoms with Crippen LogP contribution in [0.4, 0.5) is 32.0 Å². The SMILES string of the molecule is O=C1CS[C@@H](c2ccc(C(F)(F)F)cc2)N1c1ccc(C(F)(F)F)cc1. The van der Waals surface area contributed by atoms with E-state index in [1.165, 1.54) is 40.9 Å². The average Bonchev–Trinajstić information content (AvgIpc) is 2.95. The van der Waals surface area contributed by atoms with Crippen LogP contribution in [0.1, 0.15) is 22.1 Å². The zero-order valence-corrected chi connectivity index (χ0v) is 13.8. The van der Waals surface area contributed by atoms with Gasteiger partial charge in [-0.15, -0.1) is 11.8 Å². The number of hydrogen-bond acceptors (Lipinski definition) is 2. The fourth-order valence-corrected chi connectivity index (χ4v) is 3.77. The van der Waals surface area contributed by atoms with Gasteiger partial charge in [0.1, 0.15) is 5.37 Å². The Hall–Kier alpha value is -2.16. The molecule has 0 spiro atoms. The normalized spacial score (nSPS) is 18.5. The number of rotatable bonds is 2. The number of anilines is 1. The second-order valence-electron chi connectivity index (χ2n) is 5.59. The summed E-state index contributed by atoms with van der Waals surface area (Å²) >= 11 is 1.20. The molecule has 138 valence electrons. The van der Waals surface area contributed by atoms with Crippen molar-refractivity contribution in [1.82, 2.24) is 0 Å². The van der Waals surface area contributed by atoms with Gasteiger partial charge in [-0.25, -0.2) is 0 Å². The Kier molecular flexibility index (Phi) is 4.68. The van der Waals surface area contributed by atoms with E-state index in [-0.39, 0.29) is 17.3 Å². The Morgan fingerprint density at radius 1 is 0.808 bits per heavy atom. The molecule has 1 heterocycles. The van der Waals surface area contributed by atoms with Gasteiger partial charge in [0, 0.05) is 5.69 Å². The second kappa shape index (κ2) is 6.53. The summed E-state index contributed by atoms with van der Waals surface area (Å²) in [6.07, 6.45) is -8.96. The van der Waals surface area contributed by atoms with E-state index in [2.05, 4.69) is 0 Å². The van der Waals surface area contributed by atoms with Crippen molar-refractivity contribution in [3.8, 4) is 0 Å². The highest BCUT2D eigenvalue weighted by Crippen LogP contribution is 2.43. The first-order valence-corrected chi connectivity index (χ1v) is 8.40. The van der Waals surface area contributed by atoms with Gasteiger partial charge >= 0.3 is 12.4 Å². The zero-order valence-electron chi connectivity index (χ0n) is 12.9. The molecule has 9 heteroatoms. The standard InChI is InChI=1S/C17H11F6NOS/c18-16(19,20)11-3-1-10(2-4-11)15-24(14(25)9-26-15)13-7-5-12(6-8-13)17(21,22)23/h1-8,15H,9H2/t15-/m0/s1. The Labute approximate surface area is 148 Å². The molecule has 2 aromatic carbocycles. The molecule has 1 atom stereocenters. The van der Waals surface area contributed by atoms with E-state index in [0.29, 0.717) is 5.56 Å². The molecule has 1 amide bonds. The molecule has 3 rings (SSSR count). The Balaban J connectivity index is 1.90. The van der Waals surface area contributed by atoms with Crippen molar-refractivity contribution >= 4 is 23.4 Å². The monoisotopic (exact) mass is 391 g/mol. The van der Waals surface area contributed by atoms with Crippen LogP contribution in [0.3, 0.4) is 0 Å². The summed E-state index contributed by atoms with van der Waals surface area (Å²) in [5.41, 5.74) is -0.921. The molecule has 2 aromatic rings. The van der Waals surface area contributed by atoms with E-state index in [1.807, 2.05) is 0 Å². The maximum atomic E-state index is 12.7. The number of halogens is 6. The molecular formula is C17H11F6NOS. The predicted molar refractivity (Wildman–Crippen MR) is 85.6 cm³/mol. The smallest absolute Gasteiger partial charge is 0.295 e. The number of carbonyl (C=O) groups excluding carboxylic acids is 1. The van der Waals surface area contributed by atoms with Crippen LogP contribution in [0, 0.1) is 0 Å². The predicted octanol–water partition coefficient (Wildman–Crippen LogP) is 5.50. The summed E-state index contributed by atoms with van der Waals surface area (Å²) in [6, 6.07) is 8.50. The number of nitrogens with zero attached hydrogens (tertiary/aromatic N) is 1.